The lowest BCUT2D eigenvalue weighted by Crippen LogP contribution is -2.28. The first kappa shape index (κ1) is 31.4. The maximum absolute atomic E-state index is 13.7. The third kappa shape index (κ3) is 8.96. The van der Waals surface area contributed by atoms with E-state index in [2.05, 4.69) is 37.0 Å². The zero-order valence-electron chi connectivity index (χ0n) is 24.2. The molecule has 0 unspecified atom stereocenters. The molecule has 0 aliphatic rings. The van der Waals surface area contributed by atoms with Crippen LogP contribution in [0.4, 0.5) is 5.69 Å². The molecular formula is C32H44N2O5S. The Labute approximate surface area is 239 Å². The molecule has 8 heteroatoms. The molecule has 0 atom stereocenters. The molecule has 1 heterocycles. The average molecular weight is 569 g/mol. The van der Waals surface area contributed by atoms with Crippen molar-refractivity contribution in [3.63, 3.8) is 0 Å². The first-order valence-corrected chi connectivity index (χ1v) is 16.1. The van der Waals surface area contributed by atoms with Crippen molar-refractivity contribution in [3.05, 3.63) is 71.3 Å². The first-order valence-electron chi connectivity index (χ1n) is 14.5. The zero-order valence-corrected chi connectivity index (χ0v) is 25.0. The Morgan fingerprint density at radius 3 is 2.23 bits per heavy atom. The van der Waals surface area contributed by atoms with Crippen molar-refractivity contribution >= 4 is 32.5 Å². The molecule has 0 saturated carbocycles. The van der Waals surface area contributed by atoms with Gasteiger partial charge in [-0.3, -0.25) is 9.52 Å². The van der Waals surface area contributed by atoms with Crippen LogP contribution < -0.4 is 9.46 Å². The highest BCUT2D eigenvalue weighted by atomic mass is 32.2. The summed E-state index contributed by atoms with van der Waals surface area (Å²) in [6.07, 6.45) is 8.24. The highest BCUT2D eigenvalue weighted by Gasteiger charge is 2.22. The lowest BCUT2D eigenvalue weighted by atomic mass is 9.98. The topological polar surface area (TPSA) is 88.8 Å². The van der Waals surface area contributed by atoms with Crippen molar-refractivity contribution in [2.45, 2.75) is 72.1 Å². The molecule has 40 heavy (non-hydrogen) atoms. The van der Waals surface area contributed by atoms with Gasteiger partial charge in [0, 0.05) is 35.0 Å². The summed E-state index contributed by atoms with van der Waals surface area (Å²) in [7, 11) is -3.68. The van der Waals surface area contributed by atoms with Gasteiger partial charge in [-0.1, -0.05) is 46.6 Å². The van der Waals surface area contributed by atoms with Crippen LogP contribution in [0.2, 0.25) is 0 Å². The SMILES string of the molecule is C=CS(=O)(=O)Nc1ccc2oc(CCCC)c(C(=O)c3ccc(OCCCN(CCCC)CCCC)cc3)c2c1. The van der Waals surface area contributed by atoms with Crippen molar-refractivity contribution in [2.75, 3.05) is 31.0 Å². The second-order valence-electron chi connectivity index (χ2n) is 10.1. The van der Waals surface area contributed by atoms with Crippen molar-refractivity contribution < 1.29 is 22.4 Å². The fourth-order valence-electron chi connectivity index (χ4n) is 4.60. The van der Waals surface area contributed by atoms with Crippen molar-refractivity contribution in [1.82, 2.24) is 4.90 Å². The minimum absolute atomic E-state index is 0.164. The van der Waals surface area contributed by atoms with Gasteiger partial charge in [-0.25, -0.2) is 8.42 Å². The quantitative estimate of drug-likeness (QED) is 0.119. The number of hydrogen-bond donors (Lipinski definition) is 1. The normalized spacial score (nSPS) is 11.7. The molecule has 2 aromatic carbocycles. The maximum atomic E-state index is 13.7. The zero-order chi connectivity index (χ0) is 29.0. The van der Waals surface area contributed by atoms with E-state index in [1.54, 1.807) is 30.3 Å². The van der Waals surface area contributed by atoms with E-state index in [1.807, 2.05) is 12.1 Å². The van der Waals surface area contributed by atoms with Crippen LogP contribution in [-0.2, 0) is 16.4 Å². The predicted octanol–water partition coefficient (Wildman–Crippen LogP) is 7.56. The third-order valence-electron chi connectivity index (χ3n) is 6.88. The van der Waals surface area contributed by atoms with Crippen LogP contribution in [0.15, 0.2) is 58.9 Å². The fraction of sp³-hybridized carbons (Fsp3) is 0.469. The Morgan fingerprint density at radius 1 is 0.950 bits per heavy atom. The molecule has 3 rings (SSSR count). The van der Waals surface area contributed by atoms with E-state index in [9.17, 15) is 13.2 Å². The van der Waals surface area contributed by atoms with Crippen LogP contribution in [0.3, 0.4) is 0 Å². The summed E-state index contributed by atoms with van der Waals surface area (Å²) in [6.45, 7) is 13.8. The van der Waals surface area contributed by atoms with Crippen LogP contribution in [0.25, 0.3) is 11.0 Å². The number of ketones is 1. The minimum Gasteiger partial charge on any atom is -0.494 e. The van der Waals surface area contributed by atoms with Gasteiger partial charge >= 0.3 is 0 Å². The molecular weight excluding hydrogens is 524 g/mol. The molecule has 3 aromatic rings. The van der Waals surface area contributed by atoms with Crippen molar-refractivity contribution in [2.24, 2.45) is 0 Å². The Kier molecular flexibility index (Phi) is 12.3. The monoisotopic (exact) mass is 568 g/mol. The van der Waals surface area contributed by atoms with E-state index in [1.165, 1.54) is 25.7 Å². The van der Waals surface area contributed by atoms with Crippen LogP contribution in [0, 0.1) is 0 Å². The highest BCUT2D eigenvalue weighted by molar-refractivity contribution is 7.95. The molecule has 1 aromatic heterocycles. The number of fused-ring (bicyclic) bond motifs is 1. The number of nitrogens with zero attached hydrogens (tertiary/aromatic N) is 1. The molecule has 218 valence electrons. The number of rotatable bonds is 19. The van der Waals surface area contributed by atoms with Crippen LogP contribution >= 0.6 is 0 Å². The minimum atomic E-state index is -3.68. The second-order valence-corrected chi connectivity index (χ2v) is 11.8. The van der Waals surface area contributed by atoms with E-state index >= 15 is 0 Å². The van der Waals surface area contributed by atoms with Gasteiger partial charge in [0.05, 0.1) is 12.2 Å². The van der Waals surface area contributed by atoms with Crippen LogP contribution in [0.5, 0.6) is 5.75 Å². The van der Waals surface area contributed by atoms with E-state index in [0.29, 0.717) is 46.6 Å². The van der Waals surface area contributed by atoms with Gasteiger partial charge in [-0.2, -0.15) is 0 Å². The summed E-state index contributed by atoms with van der Waals surface area (Å²) in [5.74, 6) is 1.18. The summed E-state index contributed by atoms with van der Waals surface area (Å²) in [4.78, 5) is 16.2. The number of nitrogens with one attached hydrogen (secondary N) is 1. The standard InChI is InChI=1S/C32H44N2O5S/c1-5-9-13-30-31(28-24-26(16-19-29(28)39-30)33-40(36,37)8-4)32(35)25-14-17-27(18-15-25)38-23-12-22-34(20-10-6-2)21-11-7-3/h8,14-19,24,33H,4-7,9-13,20-23H2,1-3H3. The number of carbonyl (C=O) groups is 1. The molecule has 0 aliphatic carbocycles. The third-order valence-corrected chi connectivity index (χ3v) is 7.84. The van der Waals surface area contributed by atoms with Gasteiger partial charge in [-0.05, 0) is 81.2 Å². The van der Waals surface area contributed by atoms with Crippen molar-refractivity contribution in [1.29, 1.82) is 0 Å². The number of benzene rings is 2. The van der Waals surface area contributed by atoms with E-state index in [-0.39, 0.29) is 5.78 Å². The lowest BCUT2D eigenvalue weighted by Gasteiger charge is -2.21. The number of hydrogen-bond acceptors (Lipinski definition) is 6. The smallest absolute Gasteiger partial charge is 0.254 e. The molecule has 0 fully saturated rings. The molecule has 0 spiro atoms. The maximum Gasteiger partial charge on any atom is 0.254 e. The molecule has 0 saturated heterocycles. The molecule has 0 amide bonds. The number of ether oxygens (including phenoxy) is 1. The largest absolute Gasteiger partial charge is 0.494 e. The molecule has 7 nitrogen and oxygen atoms in total. The lowest BCUT2D eigenvalue weighted by molar-refractivity contribution is 0.103. The van der Waals surface area contributed by atoms with Gasteiger partial charge < -0.3 is 14.1 Å². The Balaban J connectivity index is 1.73. The number of aryl methyl sites for hydroxylation is 1. The Bertz CT molecular complexity index is 1340. The number of unbranched alkanes of at least 4 members (excludes halogenated alkanes) is 3. The Morgan fingerprint density at radius 2 is 1.60 bits per heavy atom. The van der Waals surface area contributed by atoms with E-state index < -0.39 is 10.0 Å². The van der Waals surface area contributed by atoms with E-state index in [4.69, 9.17) is 9.15 Å². The van der Waals surface area contributed by atoms with Gasteiger partial charge in [0.2, 0.25) is 0 Å². The highest BCUT2D eigenvalue weighted by Crippen LogP contribution is 2.32. The molecule has 0 bridgehead atoms. The van der Waals surface area contributed by atoms with Gasteiger partial charge in [0.15, 0.2) is 5.78 Å². The summed E-state index contributed by atoms with van der Waals surface area (Å²) >= 11 is 0. The number of furan rings is 1. The average Bonchev–Trinajstić information content (AvgIpc) is 3.32. The summed E-state index contributed by atoms with van der Waals surface area (Å²) in [5.41, 5.74) is 1.88. The number of sulfonamides is 1. The fourth-order valence-corrected chi connectivity index (χ4v) is 5.14. The summed E-state index contributed by atoms with van der Waals surface area (Å²) in [5, 5.41) is 1.43. The molecule has 0 aliphatic heterocycles. The summed E-state index contributed by atoms with van der Waals surface area (Å²) < 4.78 is 38.5. The van der Waals surface area contributed by atoms with Gasteiger partial charge in [-0.15, -0.1) is 0 Å². The Hall–Kier alpha value is -3.10. The van der Waals surface area contributed by atoms with Crippen LogP contribution in [-0.4, -0.2) is 45.3 Å². The van der Waals surface area contributed by atoms with Crippen LogP contribution in [0.1, 0.15) is 87.4 Å². The first-order chi connectivity index (χ1) is 19.3. The van der Waals surface area contributed by atoms with Gasteiger partial charge in [0.1, 0.15) is 17.1 Å². The number of anilines is 1. The molecule has 1 N–H and O–H groups in total. The predicted molar refractivity (Wildman–Crippen MR) is 164 cm³/mol. The molecule has 0 radical (unpaired) electrons. The number of carbonyl (C=O) groups excluding carboxylic acids is 1. The van der Waals surface area contributed by atoms with Crippen molar-refractivity contribution in [3.8, 4) is 5.75 Å². The van der Waals surface area contributed by atoms with Gasteiger partial charge in [0.25, 0.3) is 10.0 Å². The second kappa shape index (κ2) is 15.6. The summed E-state index contributed by atoms with van der Waals surface area (Å²) in [6, 6.07) is 12.2. The van der Waals surface area contributed by atoms with E-state index in [0.717, 1.165) is 50.1 Å².